The number of nitrogens with zero attached hydrogens (tertiary/aromatic N) is 1. The van der Waals surface area contributed by atoms with Crippen LogP contribution in [0.2, 0.25) is 0 Å². The molecule has 2 atom stereocenters. The molecule has 1 amide bonds. The fourth-order valence-corrected chi connectivity index (χ4v) is 3.25. The number of methoxy groups -OCH3 is 1. The minimum Gasteiger partial charge on any atom is -0.469 e. The third kappa shape index (κ3) is 2.66. The SMILES string of the molecule is COC(=O)C1CC(C)N(C(=O)c2ccccc2F)c2ccccc21. The summed E-state index contributed by atoms with van der Waals surface area (Å²) in [4.78, 5) is 26.6. The lowest BCUT2D eigenvalue weighted by Crippen LogP contribution is -2.44. The number of hydrogen-bond donors (Lipinski definition) is 0. The predicted molar refractivity (Wildman–Crippen MR) is 88.5 cm³/mol. The number of para-hydroxylation sites is 1. The van der Waals surface area contributed by atoms with Crippen molar-refractivity contribution in [2.24, 2.45) is 0 Å². The van der Waals surface area contributed by atoms with E-state index in [0.717, 1.165) is 5.56 Å². The second kappa shape index (κ2) is 6.43. The van der Waals surface area contributed by atoms with E-state index in [1.807, 2.05) is 19.1 Å². The predicted octanol–water partition coefficient (Wildman–Crippen LogP) is 3.52. The van der Waals surface area contributed by atoms with E-state index >= 15 is 0 Å². The maximum absolute atomic E-state index is 14.0. The van der Waals surface area contributed by atoms with E-state index in [4.69, 9.17) is 4.74 Å². The summed E-state index contributed by atoms with van der Waals surface area (Å²) >= 11 is 0. The van der Waals surface area contributed by atoms with E-state index in [-0.39, 0.29) is 17.6 Å². The van der Waals surface area contributed by atoms with Gasteiger partial charge in [0.1, 0.15) is 5.82 Å². The van der Waals surface area contributed by atoms with E-state index in [2.05, 4.69) is 0 Å². The van der Waals surface area contributed by atoms with Gasteiger partial charge in [-0.15, -0.1) is 0 Å². The van der Waals surface area contributed by atoms with Crippen LogP contribution in [0.3, 0.4) is 0 Å². The monoisotopic (exact) mass is 327 g/mol. The summed E-state index contributed by atoms with van der Waals surface area (Å²) in [6, 6.07) is 12.9. The largest absolute Gasteiger partial charge is 0.469 e. The number of carbonyl (C=O) groups is 2. The van der Waals surface area contributed by atoms with Gasteiger partial charge in [0.2, 0.25) is 0 Å². The van der Waals surface area contributed by atoms with Crippen molar-refractivity contribution in [2.75, 3.05) is 12.0 Å². The molecular formula is C19H18FNO3. The lowest BCUT2D eigenvalue weighted by molar-refractivity contribution is -0.142. The van der Waals surface area contributed by atoms with Crippen LogP contribution in [-0.2, 0) is 9.53 Å². The van der Waals surface area contributed by atoms with Gasteiger partial charge in [-0.2, -0.15) is 0 Å². The van der Waals surface area contributed by atoms with Crippen molar-refractivity contribution < 1.29 is 18.7 Å². The van der Waals surface area contributed by atoms with Gasteiger partial charge >= 0.3 is 5.97 Å². The maximum Gasteiger partial charge on any atom is 0.313 e. The zero-order chi connectivity index (χ0) is 17.3. The van der Waals surface area contributed by atoms with Gasteiger partial charge in [0.15, 0.2) is 0 Å². The van der Waals surface area contributed by atoms with Gasteiger partial charge in [-0.1, -0.05) is 30.3 Å². The maximum atomic E-state index is 14.0. The zero-order valence-corrected chi connectivity index (χ0v) is 13.5. The Morgan fingerprint density at radius 2 is 1.79 bits per heavy atom. The lowest BCUT2D eigenvalue weighted by Gasteiger charge is -2.38. The number of anilines is 1. The Morgan fingerprint density at radius 3 is 2.50 bits per heavy atom. The first-order valence-electron chi connectivity index (χ1n) is 7.79. The van der Waals surface area contributed by atoms with Crippen molar-refractivity contribution in [3.63, 3.8) is 0 Å². The number of amides is 1. The van der Waals surface area contributed by atoms with Crippen LogP contribution in [-0.4, -0.2) is 25.0 Å². The quantitative estimate of drug-likeness (QED) is 0.793. The molecular weight excluding hydrogens is 309 g/mol. The average molecular weight is 327 g/mol. The second-order valence-electron chi connectivity index (χ2n) is 5.87. The van der Waals surface area contributed by atoms with Crippen LogP contribution < -0.4 is 4.90 Å². The summed E-state index contributed by atoms with van der Waals surface area (Å²) in [5.41, 5.74) is 1.38. The van der Waals surface area contributed by atoms with E-state index < -0.39 is 17.6 Å². The van der Waals surface area contributed by atoms with Gasteiger partial charge < -0.3 is 9.64 Å². The standard InChI is InChI=1S/C19H18FNO3/c1-12-11-15(19(23)24-2)13-7-4-6-10-17(13)21(12)18(22)14-8-3-5-9-16(14)20/h3-10,12,15H,11H2,1-2H3. The molecule has 2 unspecified atom stereocenters. The fourth-order valence-electron chi connectivity index (χ4n) is 3.25. The van der Waals surface area contributed by atoms with Crippen molar-refractivity contribution in [3.8, 4) is 0 Å². The molecule has 4 nitrogen and oxygen atoms in total. The Hall–Kier alpha value is -2.69. The average Bonchev–Trinajstić information content (AvgIpc) is 2.60. The van der Waals surface area contributed by atoms with Crippen molar-refractivity contribution in [1.82, 2.24) is 0 Å². The Labute approximate surface area is 139 Å². The molecule has 0 radical (unpaired) electrons. The number of hydrogen-bond acceptors (Lipinski definition) is 3. The molecule has 1 aliphatic heterocycles. The first-order valence-corrected chi connectivity index (χ1v) is 7.79. The van der Waals surface area contributed by atoms with E-state index in [0.29, 0.717) is 12.1 Å². The molecule has 0 spiro atoms. The Morgan fingerprint density at radius 1 is 1.12 bits per heavy atom. The molecule has 1 aliphatic rings. The zero-order valence-electron chi connectivity index (χ0n) is 13.5. The highest BCUT2D eigenvalue weighted by Gasteiger charge is 2.38. The van der Waals surface area contributed by atoms with Crippen molar-refractivity contribution >= 4 is 17.6 Å². The van der Waals surface area contributed by atoms with Crippen LogP contribution in [0.5, 0.6) is 0 Å². The van der Waals surface area contributed by atoms with Crippen LogP contribution in [0.15, 0.2) is 48.5 Å². The molecule has 0 aromatic heterocycles. The lowest BCUT2D eigenvalue weighted by atomic mass is 9.85. The molecule has 0 aliphatic carbocycles. The number of benzene rings is 2. The smallest absolute Gasteiger partial charge is 0.313 e. The highest BCUT2D eigenvalue weighted by atomic mass is 19.1. The minimum absolute atomic E-state index is 0.0238. The highest BCUT2D eigenvalue weighted by Crippen LogP contribution is 2.39. The summed E-state index contributed by atoms with van der Waals surface area (Å²) in [5, 5.41) is 0. The Kier molecular flexibility index (Phi) is 4.34. The normalized spacial score (nSPS) is 19.5. The topological polar surface area (TPSA) is 46.6 Å². The fraction of sp³-hybridized carbons (Fsp3) is 0.263. The summed E-state index contributed by atoms with van der Waals surface area (Å²) in [5.74, 6) is -1.71. The summed E-state index contributed by atoms with van der Waals surface area (Å²) < 4.78 is 18.9. The molecule has 5 heteroatoms. The van der Waals surface area contributed by atoms with Gasteiger partial charge in [-0.25, -0.2) is 4.39 Å². The van der Waals surface area contributed by atoms with Crippen molar-refractivity contribution in [1.29, 1.82) is 0 Å². The molecule has 0 bridgehead atoms. The number of fused-ring (bicyclic) bond motifs is 1. The molecule has 124 valence electrons. The first kappa shape index (κ1) is 16.2. The molecule has 0 fully saturated rings. The molecule has 0 saturated heterocycles. The number of halogens is 1. The summed E-state index contributed by atoms with van der Waals surface area (Å²) in [7, 11) is 1.35. The number of ether oxygens (including phenoxy) is 1. The van der Waals surface area contributed by atoms with Crippen LogP contribution in [0.1, 0.15) is 35.2 Å². The Bertz CT molecular complexity index is 790. The first-order chi connectivity index (χ1) is 11.5. The third-order valence-electron chi connectivity index (χ3n) is 4.40. The molecule has 1 heterocycles. The van der Waals surface area contributed by atoms with Crippen LogP contribution >= 0.6 is 0 Å². The summed E-state index contributed by atoms with van der Waals surface area (Å²) in [6.45, 7) is 1.85. The van der Waals surface area contributed by atoms with Gasteiger partial charge in [-0.05, 0) is 37.1 Å². The molecule has 2 aromatic rings. The third-order valence-corrected chi connectivity index (χ3v) is 4.40. The van der Waals surface area contributed by atoms with Crippen molar-refractivity contribution in [3.05, 3.63) is 65.5 Å². The highest BCUT2D eigenvalue weighted by molar-refractivity contribution is 6.08. The van der Waals surface area contributed by atoms with Gasteiger partial charge in [0, 0.05) is 11.7 Å². The Balaban J connectivity index is 2.07. The van der Waals surface area contributed by atoms with Crippen molar-refractivity contribution in [2.45, 2.75) is 25.3 Å². The van der Waals surface area contributed by atoms with E-state index in [1.165, 1.54) is 19.2 Å². The van der Waals surface area contributed by atoms with Gasteiger partial charge in [0.05, 0.1) is 18.6 Å². The number of esters is 1. The van der Waals surface area contributed by atoms with E-state index in [9.17, 15) is 14.0 Å². The summed E-state index contributed by atoms with van der Waals surface area (Å²) in [6.07, 6.45) is 0.434. The minimum atomic E-state index is -0.553. The van der Waals surface area contributed by atoms with Crippen LogP contribution in [0, 0.1) is 5.82 Å². The van der Waals surface area contributed by atoms with Gasteiger partial charge in [0.25, 0.3) is 5.91 Å². The van der Waals surface area contributed by atoms with Crippen LogP contribution in [0.4, 0.5) is 10.1 Å². The van der Waals surface area contributed by atoms with E-state index in [1.54, 1.807) is 29.2 Å². The second-order valence-corrected chi connectivity index (χ2v) is 5.87. The molecule has 24 heavy (non-hydrogen) atoms. The van der Waals surface area contributed by atoms with Gasteiger partial charge in [-0.3, -0.25) is 9.59 Å². The molecule has 3 rings (SSSR count). The van der Waals surface area contributed by atoms with Crippen LogP contribution in [0.25, 0.3) is 0 Å². The molecule has 0 saturated carbocycles. The molecule has 0 N–H and O–H groups in total. The molecule has 2 aromatic carbocycles. The number of rotatable bonds is 2. The number of carbonyl (C=O) groups excluding carboxylic acids is 2.